The molecule has 0 spiro atoms. The Hall–Kier alpha value is -1.42. The molecule has 1 atom stereocenters. The fourth-order valence-electron chi connectivity index (χ4n) is 1.62. The molecule has 0 bridgehead atoms. The monoisotopic (exact) mass is 255 g/mol. The number of oxime groups is 1. The van der Waals surface area contributed by atoms with E-state index in [4.69, 9.17) is 22.5 Å². The van der Waals surface area contributed by atoms with Crippen LogP contribution in [0, 0.1) is 0 Å². The molecule has 0 aromatic heterocycles. The topological polar surface area (TPSA) is 61.8 Å². The van der Waals surface area contributed by atoms with E-state index in [0.29, 0.717) is 16.6 Å². The van der Waals surface area contributed by atoms with Crippen LogP contribution in [0.15, 0.2) is 23.4 Å². The van der Waals surface area contributed by atoms with Crippen LogP contribution in [-0.4, -0.2) is 24.1 Å². The minimum absolute atomic E-state index is 0.0285. The molecule has 0 heterocycles. The van der Waals surface area contributed by atoms with Gasteiger partial charge in [-0.05, 0) is 25.5 Å². The summed E-state index contributed by atoms with van der Waals surface area (Å²) in [5.74, 6) is 0.0285. The minimum atomic E-state index is 0.0285. The zero-order chi connectivity index (χ0) is 13.0. The maximum atomic E-state index is 8.80. The summed E-state index contributed by atoms with van der Waals surface area (Å²) in [6.07, 6.45) is 0.999. The van der Waals surface area contributed by atoms with Gasteiger partial charge in [-0.2, -0.15) is 0 Å². The molecule has 1 aromatic carbocycles. The molecule has 5 heteroatoms. The Morgan fingerprint density at radius 2 is 2.24 bits per heavy atom. The standard InChI is InChI=1S/C12H18ClN3O/c1-4-8(2)16(3)10-7-5-6-9(13)11(10)12(14)15-17/h5-8,17H,4H2,1-3H3,(H2,14,15). The SMILES string of the molecule is CCC(C)N(C)c1cccc(Cl)c1C(N)=NO. The molecule has 4 nitrogen and oxygen atoms in total. The Labute approximate surface area is 107 Å². The van der Waals surface area contributed by atoms with Crippen molar-refractivity contribution in [1.82, 2.24) is 0 Å². The maximum Gasteiger partial charge on any atom is 0.173 e. The summed E-state index contributed by atoms with van der Waals surface area (Å²) in [7, 11) is 1.97. The number of hydrogen-bond acceptors (Lipinski definition) is 3. The predicted octanol–water partition coefficient (Wildman–Crippen LogP) is 2.67. The van der Waals surface area contributed by atoms with Crippen molar-refractivity contribution < 1.29 is 5.21 Å². The second kappa shape index (κ2) is 5.77. The van der Waals surface area contributed by atoms with Gasteiger partial charge in [-0.1, -0.05) is 29.7 Å². The number of anilines is 1. The van der Waals surface area contributed by atoms with Gasteiger partial charge in [-0.3, -0.25) is 0 Å². The average Bonchev–Trinajstić information content (AvgIpc) is 2.35. The molecular weight excluding hydrogens is 238 g/mol. The highest BCUT2D eigenvalue weighted by Gasteiger charge is 2.17. The second-order valence-electron chi connectivity index (χ2n) is 3.99. The van der Waals surface area contributed by atoms with E-state index in [9.17, 15) is 0 Å². The largest absolute Gasteiger partial charge is 0.409 e. The van der Waals surface area contributed by atoms with Gasteiger partial charge in [0.25, 0.3) is 0 Å². The van der Waals surface area contributed by atoms with Crippen LogP contribution < -0.4 is 10.6 Å². The van der Waals surface area contributed by atoms with E-state index in [-0.39, 0.29) is 5.84 Å². The first-order valence-electron chi connectivity index (χ1n) is 5.52. The summed E-state index contributed by atoms with van der Waals surface area (Å²) in [5.41, 5.74) is 7.10. The van der Waals surface area contributed by atoms with E-state index in [0.717, 1.165) is 12.1 Å². The molecule has 0 saturated carbocycles. The maximum absolute atomic E-state index is 8.80. The Morgan fingerprint density at radius 1 is 1.59 bits per heavy atom. The number of rotatable bonds is 4. The van der Waals surface area contributed by atoms with Gasteiger partial charge in [0.05, 0.1) is 10.6 Å². The lowest BCUT2D eigenvalue weighted by Gasteiger charge is -2.28. The summed E-state index contributed by atoms with van der Waals surface area (Å²) < 4.78 is 0. The van der Waals surface area contributed by atoms with Gasteiger partial charge in [0.2, 0.25) is 0 Å². The second-order valence-corrected chi connectivity index (χ2v) is 4.39. The van der Waals surface area contributed by atoms with Crippen molar-refractivity contribution in [3.63, 3.8) is 0 Å². The molecule has 0 radical (unpaired) electrons. The first-order chi connectivity index (χ1) is 8.02. The first kappa shape index (κ1) is 13.6. The molecule has 0 fully saturated rings. The highest BCUT2D eigenvalue weighted by Crippen LogP contribution is 2.28. The van der Waals surface area contributed by atoms with E-state index in [1.807, 2.05) is 19.2 Å². The third-order valence-corrected chi connectivity index (χ3v) is 3.30. The molecule has 0 saturated heterocycles. The van der Waals surface area contributed by atoms with E-state index >= 15 is 0 Å². The lowest BCUT2D eigenvalue weighted by Crippen LogP contribution is -2.30. The Morgan fingerprint density at radius 3 is 2.76 bits per heavy atom. The van der Waals surface area contributed by atoms with Crippen molar-refractivity contribution in [2.45, 2.75) is 26.3 Å². The quantitative estimate of drug-likeness (QED) is 0.376. The van der Waals surface area contributed by atoms with Gasteiger partial charge in [0, 0.05) is 18.8 Å². The van der Waals surface area contributed by atoms with Crippen molar-refractivity contribution in [3.8, 4) is 0 Å². The lowest BCUT2D eigenvalue weighted by molar-refractivity contribution is 0.318. The number of hydrogen-bond donors (Lipinski definition) is 2. The Balaban J connectivity index is 3.29. The van der Waals surface area contributed by atoms with Crippen LogP contribution in [0.1, 0.15) is 25.8 Å². The van der Waals surface area contributed by atoms with Crippen LogP contribution in [0.25, 0.3) is 0 Å². The molecule has 0 aliphatic heterocycles. The molecule has 94 valence electrons. The van der Waals surface area contributed by atoms with Crippen molar-refractivity contribution in [3.05, 3.63) is 28.8 Å². The number of benzene rings is 1. The van der Waals surface area contributed by atoms with Crippen LogP contribution in [0.5, 0.6) is 0 Å². The fourth-order valence-corrected chi connectivity index (χ4v) is 1.89. The normalized spacial score (nSPS) is 13.5. The molecule has 1 unspecified atom stereocenters. The van der Waals surface area contributed by atoms with Crippen molar-refractivity contribution in [1.29, 1.82) is 0 Å². The third kappa shape index (κ3) is 2.82. The number of nitrogens with zero attached hydrogens (tertiary/aromatic N) is 2. The van der Waals surface area contributed by atoms with Gasteiger partial charge < -0.3 is 15.8 Å². The van der Waals surface area contributed by atoms with E-state index in [1.165, 1.54) is 0 Å². The summed E-state index contributed by atoms with van der Waals surface area (Å²) in [6, 6.07) is 5.83. The molecular formula is C12H18ClN3O. The first-order valence-corrected chi connectivity index (χ1v) is 5.89. The summed E-state index contributed by atoms with van der Waals surface area (Å²) in [4.78, 5) is 2.07. The fraction of sp³-hybridized carbons (Fsp3) is 0.417. The minimum Gasteiger partial charge on any atom is -0.409 e. The van der Waals surface area contributed by atoms with E-state index < -0.39 is 0 Å². The zero-order valence-corrected chi connectivity index (χ0v) is 11.1. The van der Waals surface area contributed by atoms with Gasteiger partial charge in [0.1, 0.15) is 0 Å². The Kier molecular flexibility index (Phi) is 4.63. The molecule has 1 rings (SSSR count). The summed E-state index contributed by atoms with van der Waals surface area (Å²) in [5, 5.41) is 12.3. The van der Waals surface area contributed by atoms with Gasteiger partial charge in [-0.25, -0.2) is 0 Å². The Bertz CT molecular complexity index is 420. The van der Waals surface area contributed by atoms with Crippen LogP contribution in [0.2, 0.25) is 5.02 Å². The molecule has 17 heavy (non-hydrogen) atoms. The summed E-state index contributed by atoms with van der Waals surface area (Å²) >= 11 is 6.10. The highest BCUT2D eigenvalue weighted by atomic mass is 35.5. The summed E-state index contributed by atoms with van der Waals surface area (Å²) in [6.45, 7) is 4.21. The smallest absolute Gasteiger partial charge is 0.173 e. The van der Waals surface area contributed by atoms with Crippen LogP contribution in [0.4, 0.5) is 5.69 Å². The van der Waals surface area contributed by atoms with Gasteiger partial charge in [-0.15, -0.1) is 0 Å². The average molecular weight is 256 g/mol. The van der Waals surface area contributed by atoms with Crippen molar-refractivity contribution in [2.24, 2.45) is 10.9 Å². The zero-order valence-electron chi connectivity index (χ0n) is 10.3. The van der Waals surface area contributed by atoms with Gasteiger partial charge >= 0.3 is 0 Å². The number of halogens is 1. The highest BCUT2D eigenvalue weighted by molar-refractivity contribution is 6.34. The number of nitrogens with two attached hydrogens (primary N) is 1. The van der Waals surface area contributed by atoms with Crippen LogP contribution >= 0.6 is 11.6 Å². The van der Waals surface area contributed by atoms with Crippen LogP contribution in [-0.2, 0) is 0 Å². The van der Waals surface area contributed by atoms with Gasteiger partial charge in [0.15, 0.2) is 5.84 Å². The molecule has 0 aliphatic rings. The van der Waals surface area contributed by atoms with E-state index in [1.54, 1.807) is 6.07 Å². The molecule has 3 N–H and O–H groups in total. The number of amidine groups is 1. The van der Waals surface area contributed by atoms with E-state index in [2.05, 4.69) is 23.9 Å². The predicted molar refractivity (Wildman–Crippen MR) is 72.1 cm³/mol. The van der Waals surface area contributed by atoms with Crippen molar-refractivity contribution >= 4 is 23.1 Å². The lowest BCUT2D eigenvalue weighted by atomic mass is 10.1. The molecule has 0 amide bonds. The molecule has 1 aromatic rings. The van der Waals surface area contributed by atoms with Crippen LogP contribution in [0.3, 0.4) is 0 Å². The molecule has 0 aliphatic carbocycles. The third-order valence-electron chi connectivity index (χ3n) is 2.99. The van der Waals surface area contributed by atoms with Crippen molar-refractivity contribution in [2.75, 3.05) is 11.9 Å².